The summed E-state index contributed by atoms with van der Waals surface area (Å²) in [6.07, 6.45) is 3.50. The molecule has 2 rings (SSSR count). The Balaban J connectivity index is 2.11. The van der Waals surface area contributed by atoms with Crippen molar-refractivity contribution in [1.82, 2.24) is 20.4 Å². The molecule has 0 saturated carbocycles. The molecule has 0 radical (unpaired) electrons. The predicted molar refractivity (Wildman–Crippen MR) is 111 cm³/mol. The minimum absolute atomic E-state index is 0.332. The number of anilines is 1. The predicted octanol–water partition coefficient (Wildman–Crippen LogP) is 1.76. The largest absolute Gasteiger partial charge is 0.383 e. The van der Waals surface area contributed by atoms with Crippen LogP contribution >= 0.6 is 0 Å². The summed E-state index contributed by atoms with van der Waals surface area (Å²) < 4.78 is 1.68. The minimum atomic E-state index is -1.04. The first-order valence-corrected chi connectivity index (χ1v) is 9.23. The van der Waals surface area contributed by atoms with Crippen LogP contribution in [0.4, 0.5) is 5.69 Å². The Labute approximate surface area is 162 Å². The van der Waals surface area contributed by atoms with Gasteiger partial charge in [0.25, 0.3) is 0 Å². The van der Waals surface area contributed by atoms with Gasteiger partial charge in [0, 0.05) is 45.1 Å². The third-order valence-electron chi connectivity index (χ3n) is 4.40. The van der Waals surface area contributed by atoms with Crippen molar-refractivity contribution in [3.05, 3.63) is 47.3 Å². The molecule has 3 N–H and O–H groups in total. The van der Waals surface area contributed by atoms with E-state index >= 15 is 0 Å². The summed E-state index contributed by atoms with van der Waals surface area (Å²) in [5, 5.41) is 21.4. The van der Waals surface area contributed by atoms with Crippen LogP contribution in [0.2, 0.25) is 0 Å². The Kier molecular flexibility index (Phi) is 6.85. The molecular formula is C20H32N6O. The smallest absolute Gasteiger partial charge is 0.191 e. The van der Waals surface area contributed by atoms with Crippen molar-refractivity contribution in [3.63, 3.8) is 0 Å². The summed E-state index contributed by atoms with van der Waals surface area (Å²) in [6, 6.07) is 6.38. The molecule has 1 unspecified atom stereocenters. The van der Waals surface area contributed by atoms with E-state index in [-0.39, 0.29) is 0 Å². The molecule has 0 bridgehead atoms. The number of aryl methyl sites for hydroxylation is 2. The normalized spacial score (nSPS) is 14.0. The Morgan fingerprint density at radius 2 is 2.07 bits per heavy atom. The van der Waals surface area contributed by atoms with E-state index in [0.717, 1.165) is 23.4 Å². The lowest BCUT2D eigenvalue weighted by Gasteiger charge is -2.24. The van der Waals surface area contributed by atoms with Gasteiger partial charge >= 0.3 is 0 Å². The number of benzene rings is 1. The first kappa shape index (κ1) is 20.8. The van der Waals surface area contributed by atoms with Gasteiger partial charge in [-0.2, -0.15) is 5.10 Å². The summed E-state index contributed by atoms with van der Waals surface area (Å²) in [7, 11) is 5.91. The highest BCUT2D eigenvalue weighted by Gasteiger charge is 2.25. The van der Waals surface area contributed by atoms with Gasteiger partial charge in [0.2, 0.25) is 0 Å². The van der Waals surface area contributed by atoms with Crippen LogP contribution in [0.15, 0.2) is 35.6 Å². The lowest BCUT2D eigenvalue weighted by Crippen LogP contribution is -2.44. The zero-order valence-corrected chi connectivity index (χ0v) is 17.2. The van der Waals surface area contributed by atoms with Crippen molar-refractivity contribution in [2.75, 3.05) is 32.1 Å². The van der Waals surface area contributed by atoms with E-state index < -0.39 is 5.60 Å². The Morgan fingerprint density at radius 3 is 2.67 bits per heavy atom. The van der Waals surface area contributed by atoms with E-state index in [1.165, 1.54) is 5.56 Å². The van der Waals surface area contributed by atoms with Crippen molar-refractivity contribution in [1.29, 1.82) is 0 Å². The number of nitrogens with zero attached hydrogens (tertiary/aromatic N) is 4. The van der Waals surface area contributed by atoms with Gasteiger partial charge in [-0.25, -0.2) is 4.99 Å². The lowest BCUT2D eigenvalue weighted by atomic mass is 10.00. The second-order valence-electron chi connectivity index (χ2n) is 7.25. The third kappa shape index (κ3) is 5.72. The summed E-state index contributed by atoms with van der Waals surface area (Å²) in [4.78, 5) is 6.80. The van der Waals surface area contributed by atoms with Crippen LogP contribution in [-0.4, -0.2) is 48.0 Å². The number of nitrogens with one attached hydrogen (secondary N) is 2. The van der Waals surface area contributed by atoms with E-state index in [9.17, 15) is 5.11 Å². The molecule has 1 aromatic carbocycles. The van der Waals surface area contributed by atoms with Crippen LogP contribution in [0.3, 0.4) is 0 Å². The average Bonchev–Trinajstić information content (AvgIpc) is 3.05. The second kappa shape index (κ2) is 8.90. The van der Waals surface area contributed by atoms with E-state index in [4.69, 9.17) is 4.99 Å². The maximum atomic E-state index is 10.7. The molecule has 0 spiro atoms. The molecular weight excluding hydrogens is 340 g/mol. The maximum absolute atomic E-state index is 10.7. The molecule has 0 amide bonds. The Bertz CT molecular complexity index is 779. The highest BCUT2D eigenvalue weighted by molar-refractivity contribution is 5.80. The molecule has 7 heteroatoms. The standard InChI is InChI=1S/C20H32N6O/c1-7-21-19(23-14-20(3,27)17-12-24-26(6)13-17)22-11-16-9-8-15(2)10-18(16)25(4)5/h8-10,12-13,27H,7,11,14H2,1-6H3,(H2,21,22,23). The van der Waals surface area contributed by atoms with Gasteiger partial charge in [-0.05, 0) is 38.0 Å². The molecule has 1 atom stereocenters. The number of aliphatic hydroxyl groups is 1. The lowest BCUT2D eigenvalue weighted by molar-refractivity contribution is 0.0616. The maximum Gasteiger partial charge on any atom is 0.191 e. The summed E-state index contributed by atoms with van der Waals surface area (Å²) in [5.41, 5.74) is 3.27. The van der Waals surface area contributed by atoms with Crippen molar-refractivity contribution in [2.45, 2.75) is 32.9 Å². The fourth-order valence-corrected chi connectivity index (χ4v) is 2.79. The molecule has 0 fully saturated rings. The van der Waals surface area contributed by atoms with Gasteiger partial charge in [-0.3, -0.25) is 4.68 Å². The van der Waals surface area contributed by atoms with Crippen molar-refractivity contribution < 1.29 is 5.11 Å². The van der Waals surface area contributed by atoms with Crippen molar-refractivity contribution >= 4 is 11.6 Å². The quantitative estimate of drug-likeness (QED) is 0.510. The van der Waals surface area contributed by atoms with Crippen LogP contribution < -0.4 is 15.5 Å². The molecule has 2 aromatic rings. The minimum Gasteiger partial charge on any atom is -0.383 e. The summed E-state index contributed by atoms with van der Waals surface area (Å²) in [5.74, 6) is 0.673. The zero-order valence-electron chi connectivity index (χ0n) is 17.2. The van der Waals surface area contributed by atoms with Gasteiger partial charge in [0.15, 0.2) is 5.96 Å². The fourth-order valence-electron chi connectivity index (χ4n) is 2.79. The van der Waals surface area contributed by atoms with Crippen LogP contribution in [0.5, 0.6) is 0 Å². The van der Waals surface area contributed by atoms with Gasteiger partial charge in [-0.15, -0.1) is 0 Å². The number of aromatic nitrogens is 2. The third-order valence-corrected chi connectivity index (χ3v) is 4.40. The monoisotopic (exact) mass is 372 g/mol. The van der Waals surface area contributed by atoms with Crippen molar-refractivity contribution in [3.8, 4) is 0 Å². The molecule has 0 saturated heterocycles. The summed E-state index contributed by atoms with van der Waals surface area (Å²) >= 11 is 0. The number of aliphatic imine (C=N–C) groups is 1. The van der Waals surface area contributed by atoms with E-state index in [2.05, 4.69) is 45.8 Å². The number of hydrogen-bond donors (Lipinski definition) is 3. The van der Waals surface area contributed by atoms with Crippen LogP contribution in [0.25, 0.3) is 0 Å². The molecule has 27 heavy (non-hydrogen) atoms. The molecule has 148 valence electrons. The number of rotatable bonds is 7. The number of guanidine groups is 1. The van der Waals surface area contributed by atoms with Crippen LogP contribution in [-0.2, 0) is 19.2 Å². The first-order valence-electron chi connectivity index (χ1n) is 9.23. The fraction of sp³-hybridized carbons (Fsp3) is 0.500. The highest BCUT2D eigenvalue weighted by Crippen LogP contribution is 2.21. The Morgan fingerprint density at radius 1 is 1.33 bits per heavy atom. The van der Waals surface area contributed by atoms with E-state index in [1.54, 1.807) is 17.8 Å². The van der Waals surface area contributed by atoms with Gasteiger partial charge in [0.05, 0.1) is 19.3 Å². The second-order valence-corrected chi connectivity index (χ2v) is 7.25. The molecule has 0 aliphatic heterocycles. The van der Waals surface area contributed by atoms with E-state index in [1.807, 2.05) is 34.3 Å². The molecule has 1 aromatic heterocycles. The molecule has 7 nitrogen and oxygen atoms in total. The highest BCUT2D eigenvalue weighted by atomic mass is 16.3. The molecule has 1 heterocycles. The van der Waals surface area contributed by atoms with Crippen molar-refractivity contribution in [2.24, 2.45) is 12.0 Å². The van der Waals surface area contributed by atoms with Gasteiger partial charge in [-0.1, -0.05) is 12.1 Å². The SMILES string of the molecule is CCNC(=NCc1ccc(C)cc1N(C)C)NCC(C)(O)c1cnn(C)c1. The van der Waals surface area contributed by atoms with Gasteiger partial charge in [0.1, 0.15) is 5.60 Å². The first-order chi connectivity index (χ1) is 12.7. The molecule has 0 aliphatic rings. The van der Waals surface area contributed by atoms with Gasteiger partial charge < -0.3 is 20.6 Å². The van der Waals surface area contributed by atoms with Crippen LogP contribution in [0, 0.1) is 6.92 Å². The van der Waals surface area contributed by atoms with E-state index in [0.29, 0.717) is 19.0 Å². The Hall–Kier alpha value is -2.54. The summed E-state index contributed by atoms with van der Waals surface area (Å²) in [6.45, 7) is 7.51. The van der Waals surface area contributed by atoms with Crippen LogP contribution in [0.1, 0.15) is 30.5 Å². The average molecular weight is 373 g/mol. The number of hydrogen-bond acceptors (Lipinski definition) is 4. The topological polar surface area (TPSA) is 77.7 Å². The molecule has 0 aliphatic carbocycles. The zero-order chi connectivity index (χ0) is 20.0.